The minimum atomic E-state index is -4.40. The van der Waals surface area contributed by atoms with Crippen molar-refractivity contribution in [2.75, 3.05) is 26.4 Å². The van der Waals surface area contributed by atoms with Gasteiger partial charge in [0.05, 0.1) is 11.5 Å². The number of hydrogen-bond acceptors (Lipinski definition) is 5. The molecule has 1 N–H and O–H groups in total. The van der Waals surface area contributed by atoms with Crippen molar-refractivity contribution in [3.05, 3.63) is 34.4 Å². The molecule has 0 saturated heterocycles. The number of nitrogens with one attached hydrogen (secondary N) is 1. The number of non-ortho nitro benzene ring substituents is 1. The summed E-state index contributed by atoms with van der Waals surface area (Å²) < 4.78 is 44.6. The topological polar surface area (TPSA) is 90.7 Å². The van der Waals surface area contributed by atoms with Crippen molar-refractivity contribution in [3.8, 4) is 5.75 Å². The van der Waals surface area contributed by atoms with E-state index in [2.05, 4.69) is 10.1 Å². The van der Waals surface area contributed by atoms with E-state index in [4.69, 9.17) is 4.74 Å². The molecule has 1 aromatic rings. The van der Waals surface area contributed by atoms with Crippen LogP contribution in [0.3, 0.4) is 0 Å². The molecule has 10 heteroatoms. The second kappa shape index (κ2) is 8.17. The van der Waals surface area contributed by atoms with E-state index in [9.17, 15) is 28.1 Å². The molecule has 7 nitrogen and oxygen atoms in total. The van der Waals surface area contributed by atoms with Crippen LogP contribution < -0.4 is 10.1 Å². The number of carbonyl (C=O) groups excluding carboxylic acids is 1. The maximum Gasteiger partial charge on any atom is 0.411 e. The molecule has 0 fully saturated rings. The molecule has 0 radical (unpaired) electrons. The van der Waals surface area contributed by atoms with Crippen molar-refractivity contribution in [1.29, 1.82) is 0 Å². The quantitative estimate of drug-likeness (QED) is 0.446. The lowest BCUT2D eigenvalue weighted by atomic mass is 10.3. The number of carbonyl (C=O) groups is 1. The van der Waals surface area contributed by atoms with Gasteiger partial charge in [-0.05, 0) is 12.1 Å². The molecule has 0 atom stereocenters. The largest absolute Gasteiger partial charge is 0.484 e. The second-order valence-corrected chi connectivity index (χ2v) is 4.06. The third-order valence-electron chi connectivity index (χ3n) is 2.25. The lowest BCUT2D eigenvalue weighted by Gasteiger charge is -2.09. The molecule has 0 unspecified atom stereocenters. The predicted octanol–water partition coefficient (Wildman–Crippen LogP) is 1.67. The van der Waals surface area contributed by atoms with Crippen LogP contribution in [0.5, 0.6) is 5.75 Å². The molecule has 0 aromatic heterocycles. The van der Waals surface area contributed by atoms with Crippen LogP contribution in [0.4, 0.5) is 18.9 Å². The van der Waals surface area contributed by atoms with Crippen molar-refractivity contribution in [3.63, 3.8) is 0 Å². The zero-order valence-corrected chi connectivity index (χ0v) is 11.3. The average Bonchev–Trinajstić information content (AvgIpc) is 2.44. The van der Waals surface area contributed by atoms with Crippen molar-refractivity contribution in [1.82, 2.24) is 5.32 Å². The van der Waals surface area contributed by atoms with E-state index in [-0.39, 0.29) is 31.2 Å². The molecule has 0 bridgehead atoms. The monoisotopic (exact) mass is 322 g/mol. The molecular formula is C12H13F3N2O5. The molecule has 122 valence electrons. The summed E-state index contributed by atoms with van der Waals surface area (Å²) in [7, 11) is 0. The van der Waals surface area contributed by atoms with Gasteiger partial charge in [0.15, 0.2) is 6.61 Å². The van der Waals surface area contributed by atoms with Crippen LogP contribution in [0.25, 0.3) is 0 Å². The number of nitro groups is 1. The number of halogens is 3. The number of rotatable bonds is 8. The smallest absolute Gasteiger partial charge is 0.411 e. The molecule has 22 heavy (non-hydrogen) atoms. The fourth-order valence-corrected chi connectivity index (χ4v) is 1.31. The third kappa shape index (κ3) is 7.43. The summed E-state index contributed by atoms with van der Waals surface area (Å²) in [5, 5.41) is 12.7. The Balaban J connectivity index is 2.19. The van der Waals surface area contributed by atoms with Gasteiger partial charge in [-0.3, -0.25) is 14.9 Å². The third-order valence-corrected chi connectivity index (χ3v) is 2.25. The van der Waals surface area contributed by atoms with E-state index in [0.29, 0.717) is 0 Å². The molecule has 0 spiro atoms. The minimum Gasteiger partial charge on any atom is -0.484 e. The Kier molecular flexibility index (Phi) is 6.57. The number of alkyl halides is 3. The fraction of sp³-hybridized carbons (Fsp3) is 0.417. The van der Waals surface area contributed by atoms with E-state index in [1.165, 1.54) is 24.3 Å². The Hall–Kier alpha value is -2.36. The van der Waals surface area contributed by atoms with E-state index < -0.39 is 23.6 Å². The van der Waals surface area contributed by atoms with Gasteiger partial charge in [0.25, 0.3) is 11.6 Å². The summed E-state index contributed by atoms with van der Waals surface area (Å²) in [5.74, 6) is -0.289. The first-order chi connectivity index (χ1) is 10.3. The fourth-order valence-electron chi connectivity index (χ4n) is 1.31. The maximum atomic E-state index is 11.8. The molecule has 0 saturated carbocycles. The van der Waals surface area contributed by atoms with Crippen molar-refractivity contribution in [2.45, 2.75) is 6.18 Å². The number of ether oxygens (including phenoxy) is 2. The van der Waals surface area contributed by atoms with Gasteiger partial charge in [-0.25, -0.2) is 0 Å². The van der Waals surface area contributed by atoms with Crippen molar-refractivity contribution in [2.24, 2.45) is 0 Å². The molecule has 0 aliphatic rings. The summed E-state index contributed by atoms with van der Waals surface area (Å²) in [6.45, 7) is -2.10. The number of benzene rings is 1. The lowest BCUT2D eigenvalue weighted by Crippen LogP contribution is -2.32. The highest BCUT2D eigenvalue weighted by molar-refractivity contribution is 5.77. The highest BCUT2D eigenvalue weighted by Crippen LogP contribution is 2.17. The van der Waals surface area contributed by atoms with Gasteiger partial charge in [0.1, 0.15) is 12.4 Å². The highest BCUT2D eigenvalue weighted by atomic mass is 19.4. The van der Waals surface area contributed by atoms with Crippen LogP contribution in [0, 0.1) is 10.1 Å². The van der Waals surface area contributed by atoms with Gasteiger partial charge in [-0.2, -0.15) is 13.2 Å². The number of hydrogen-bond donors (Lipinski definition) is 1. The Morgan fingerprint density at radius 2 is 1.91 bits per heavy atom. The lowest BCUT2D eigenvalue weighted by molar-refractivity contribution is -0.384. The van der Waals surface area contributed by atoms with Crippen molar-refractivity contribution >= 4 is 11.6 Å². The van der Waals surface area contributed by atoms with Gasteiger partial charge in [0.2, 0.25) is 0 Å². The maximum absolute atomic E-state index is 11.8. The molecule has 0 heterocycles. The van der Waals surface area contributed by atoms with E-state index in [0.717, 1.165) is 0 Å². The summed E-state index contributed by atoms with van der Waals surface area (Å²) in [6.07, 6.45) is -4.40. The molecule has 1 aromatic carbocycles. The SMILES string of the molecule is O=C(COc1ccc([N+](=O)[O-])cc1)NCCOCC(F)(F)F. The standard InChI is InChI=1S/C12H13F3N2O5/c13-12(14,15)8-21-6-5-16-11(18)7-22-10-3-1-9(2-4-10)17(19)20/h1-4H,5-8H2,(H,16,18). The van der Waals surface area contributed by atoms with Crippen LogP contribution in [0.2, 0.25) is 0 Å². The van der Waals surface area contributed by atoms with Gasteiger partial charge in [0, 0.05) is 18.7 Å². The Bertz CT molecular complexity index is 504. The van der Waals surface area contributed by atoms with Gasteiger partial charge < -0.3 is 14.8 Å². The molecule has 1 amide bonds. The highest BCUT2D eigenvalue weighted by Gasteiger charge is 2.27. The van der Waals surface area contributed by atoms with Crippen LogP contribution in [-0.4, -0.2) is 43.4 Å². The van der Waals surface area contributed by atoms with E-state index in [1.807, 2.05) is 0 Å². The molecule has 0 aliphatic heterocycles. The molecule has 1 rings (SSSR count). The zero-order valence-electron chi connectivity index (χ0n) is 11.3. The minimum absolute atomic E-state index is 0.0848. The Labute approximate surface area is 123 Å². The number of nitro benzene ring substituents is 1. The predicted molar refractivity (Wildman–Crippen MR) is 68.5 cm³/mol. The van der Waals surface area contributed by atoms with Gasteiger partial charge >= 0.3 is 6.18 Å². The van der Waals surface area contributed by atoms with Crippen molar-refractivity contribution < 1.29 is 32.4 Å². The van der Waals surface area contributed by atoms with Crippen LogP contribution in [-0.2, 0) is 9.53 Å². The first-order valence-corrected chi connectivity index (χ1v) is 6.06. The summed E-state index contributed by atoms with van der Waals surface area (Å²) in [4.78, 5) is 21.2. The summed E-state index contributed by atoms with van der Waals surface area (Å²) >= 11 is 0. The van der Waals surface area contributed by atoms with Crippen LogP contribution >= 0.6 is 0 Å². The zero-order chi connectivity index (χ0) is 16.6. The van der Waals surface area contributed by atoms with Gasteiger partial charge in [-0.15, -0.1) is 0 Å². The summed E-state index contributed by atoms with van der Waals surface area (Å²) in [6, 6.07) is 5.10. The van der Waals surface area contributed by atoms with E-state index >= 15 is 0 Å². The Morgan fingerprint density at radius 1 is 1.27 bits per heavy atom. The van der Waals surface area contributed by atoms with Crippen LogP contribution in [0.1, 0.15) is 0 Å². The summed E-state index contributed by atoms with van der Waals surface area (Å²) in [5.41, 5.74) is -0.112. The first kappa shape index (κ1) is 17.7. The average molecular weight is 322 g/mol. The van der Waals surface area contributed by atoms with Crippen LogP contribution in [0.15, 0.2) is 24.3 Å². The normalized spacial score (nSPS) is 11.0. The molecular weight excluding hydrogens is 309 g/mol. The first-order valence-electron chi connectivity index (χ1n) is 6.06. The second-order valence-electron chi connectivity index (χ2n) is 4.06. The number of amides is 1. The van der Waals surface area contributed by atoms with E-state index in [1.54, 1.807) is 0 Å². The van der Waals surface area contributed by atoms with Gasteiger partial charge in [-0.1, -0.05) is 0 Å². The Morgan fingerprint density at radius 3 is 2.45 bits per heavy atom. The molecule has 0 aliphatic carbocycles. The number of nitrogens with zero attached hydrogens (tertiary/aromatic N) is 1.